The molecule has 132 valence electrons. The molecule has 2 aromatic rings. The van der Waals surface area contributed by atoms with Crippen molar-refractivity contribution in [3.8, 4) is 5.75 Å². The fraction of sp³-hybridized carbons (Fsp3) is 0.350. The summed E-state index contributed by atoms with van der Waals surface area (Å²) < 4.78 is 5.77. The molecule has 0 spiro atoms. The number of likely N-dealkylation sites (tertiary alicyclic amines) is 1. The van der Waals surface area contributed by atoms with Gasteiger partial charge in [0.1, 0.15) is 12.4 Å². The first-order chi connectivity index (χ1) is 12.1. The third kappa shape index (κ3) is 4.97. The monoisotopic (exact) mass is 358 g/mol. The van der Waals surface area contributed by atoms with Crippen LogP contribution in [0.15, 0.2) is 48.5 Å². The molecule has 1 N–H and O–H groups in total. The van der Waals surface area contributed by atoms with Crippen LogP contribution in [0, 0.1) is 0 Å². The molecular formula is C20H23ClN2O2. The van der Waals surface area contributed by atoms with E-state index in [0.717, 1.165) is 41.3 Å². The van der Waals surface area contributed by atoms with Crippen LogP contribution in [0.3, 0.4) is 0 Å². The summed E-state index contributed by atoms with van der Waals surface area (Å²) in [6.07, 6.45) is 2.04. The lowest BCUT2D eigenvalue weighted by atomic mass is 10.2. The highest BCUT2D eigenvalue weighted by Gasteiger charge is 2.27. The van der Waals surface area contributed by atoms with Gasteiger partial charge in [-0.05, 0) is 61.8 Å². The molecule has 5 heteroatoms. The SMILES string of the molecule is CN1CCC[C@@H]1C(=O)NCc1ccc(OCc2ccc(Cl)cc2)cc1. The topological polar surface area (TPSA) is 41.6 Å². The first-order valence-electron chi connectivity index (χ1n) is 8.56. The Labute approximate surface area is 153 Å². The van der Waals surface area contributed by atoms with Crippen LogP contribution in [0.2, 0.25) is 5.02 Å². The molecule has 0 aromatic heterocycles. The highest BCUT2D eigenvalue weighted by atomic mass is 35.5. The second-order valence-electron chi connectivity index (χ2n) is 6.42. The number of hydrogen-bond donors (Lipinski definition) is 1. The molecule has 0 radical (unpaired) electrons. The Kier molecular flexibility index (Phi) is 5.95. The van der Waals surface area contributed by atoms with Gasteiger partial charge in [0.25, 0.3) is 0 Å². The quantitative estimate of drug-likeness (QED) is 0.857. The van der Waals surface area contributed by atoms with Crippen molar-refractivity contribution in [3.05, 3.63) is 64.7 Å². The second kappa shape index (κ2) is 8.37. The summed E-state index contributed by atoms with van der Waals surface area (Å²) in [4.78, 5) is 14.3. The summed E-state index contributed by atoms with van der Waals surface area (Å²) in [5.41, 5.74) is 2.13. The van der Waals surface area contributed by atoms with Crippen LogP contribution >= 0.6 is 11.6 Å². The minimum Gasteiger partial charge on any atom is -0.489 e. The van der Waals surface area contributed by atoms with E-state index in [9.17, 15) is 4.79 Å². The number of hydrogen-bond acceptors (Lipinski definition) is 3. The molecule has 1 atom stereocenters. The summed E-state index contributed by atoms with van der Waals surface area (Å²) >= 11 is 5.87. The Hall–Kier alpha value is -2.04. The molecule has 1 fully saturated rings. The number of benzene rings is 2. The van der Waals surface area contributed by atoms with Gasteiger partial charge < -0.3 is 10.1 Å². The predicted octanol–water partition coefficient (Wildman–Crippen LogP) is 3.63. The minimum absolute atomic E-state index is 0.0157. The fourth-order valence-electron chi connectivity index (χ4n) is 3.00. The summed E-state index contributed by atoms with van der Waals surface area (Å²) in [6, 6.07) is 15.5. The molecule has 1 saturated heterocycles. The van der Waals surface area contributed by atoms with Crippen molar-refractivity contribution >= 4 is 17.5 Å². The van der Waals surface area contributed by atoms with E-state index < -0.39 is 0 Å². The van der Waals surface area contributed by atoms with E-state index in [1.54, 1.807) is 0 Å². The maximum Gasteiger partial charge on any atom is 0.237 e. The van der Waals surface area contributed by atoms with Gasteiger partial charge in [-0.15, -0.1) is 0 Å². The van der Waals surface area contributed by atoms with Crippen molar-refractivity contribution in [1.29, 1.82) is 0 Å². The van der Waals surface area contributed by atoms with Gasteiger partial charge in [-0.1, -0.05) is 35.9 Å². The van der Waals surface area contributed by atoms with Crippen LogP contribution in [0.4, 0.5) is 0 Å². The van der Waals surface area contributed by atoms with Gasteiger partial charge in [0.15, 0.2) is 0 Å². The standard InChI is InChI=1S/C20H23ClN2O2/c1-23-12-2-3-19(23)20(24)22-13-15-6-10-18(11-7-15)25-14-16-4-8-17(21)9-5-16/h4-11,19H,2-3,12-14H2,1H3,(H,22,24)/t19-/m1/s1. The summed E-state index contributed by atoms with van der Waals surface area (Å²) in [6.45, 7) is 2.04. The van der Waals surface area contributed by atoms with Crippen molar-refractivity contribution in [3.63, 3.8) is 0 Å². The van der Waals surface area contributed by atoms with Gasteiger partial charge >= 0.3 is 0 Å². The van der Waals surface area contributed by atoms with Gasteiger partial charge in [0.2, 0.25) is 5.91 Å². The number of nitrogens with zero attached hydrogens (tertiary/aromatic N) is 1. The Balaban J connectivity index is 1.47. The number of likely N-dealkylation sites (N-methyl/N-ethyl adjacent to an activating group) is 1. The zero-order chi connectivity index (χ0) is 17.6. The molecule has 1 heterocycles. The molecule has 25 heavy (non-hydrogen) atoms. The largest absolute Gasteiger partial charge is 0.489 e. The molecular weight excluding hydrogens is 336 g/mol. The average molecular weight is 359 g/mol. The van der Waals surface area contributed by atoms with Crippen LogP contribution < -0.4 is 10.1 Å². The van der Waals surface area contributed by atoms with Crippen molar-refractivity contribution < 1.29 is 9.53 Å². The molecule has 0 aliphatic carbocycles. The van der Waals surface area contributed by atoms with E-state index >= 15 is 0 Å². The smallest absolute Gasteiger partial charge is 0.237 e. The second-order valence-corrected chi connectivity index (χ2v) is 6.85. The first-order valence-corrected chi connectivity index (χ1v) is 8.94. The minimum atomic E-state index is 0.0157. The Bertz CT molecular complexity index is 701. The lowest BCUT2D eigenvalue weighted by Crippen LogP contribution is -2.41. The normalized spacial score (nSPS) is 17.4. The van der Waals surface area contributed by atoms with Crippen LogP contribution in [0.25, 0.3) is 0 Å². The van der Waals surface area contributed by atoms with Crippen LogP contribution in [0.1, 0.15) is 24.0 Å². The number of carbonyl (C=O) groups is 1. The van der Waals surface area contributed by atoms with Crippen molar-refractivity contribution in [2.45, 2.75) is 32.0 Å². The average Bonchev–Trinajstić information content (AvgIpc) is 3.06. The van der Waals surface area contributed by atoms with Crippen molar-refractivity contribution in [1.82, 2.24) is 10.2 Å². The number of rotatable bonds is 6. The van der Waals surface area contributed by atoms with E-state index in [0.29, 0.717) is 13.2 Å². The van der Waals surface area contributed by atoms with Crippen LogP contribution in [-0.4, -0.2) is 30.4 Å². The number of amides is 1. The third-order valence-corrected chi connectivity index (χ3v) is 4.78. The molecule has 1 aliphatic rings. The molecule has 0 bridgehead atoms. The third-order valence-electron chi connectivity index (χ3n) is 4.53. The highest BCUT2D eigenvalue weighted by molar-refractivity contribution is 6.30. The van der Waals surface area contributed by atoms with E-state index in [1.165, 1.54) is 0 Å². The number of halogens is 1. The Morgan fingerprint density at radius 3 is 2.48 bits per heavy atom. The Morgan fingerprint density at radius 1 is 1.16 bits per heavy atom. The fourth-order valence-corrected chi connectivity index (χ4v) is 3.13. The maximum atomic E-state index is 12.2. The van der Waals surface area contributed by atoms with Crippen molar-refractivity contribution in [2.24, 2.45) is 0 Å². The van der Waals surface area contributed by atoms with Gasteiger partial charge in [-0.3, -0.25) is 9.69 Å². The number of nitrogens with one attached hydrogen (secondary N) is 1. The van der Waals surface area contributed by atoms with Gasteiger partial charge in [-0.2, -0.15) is 0 Å². The number of carbonyl (C=O) groups excluding carboxylic acids is 1. The van der Waals surface area contributed by atoms with Gasteiger partial charge in [0.05, 0.1) is 6.04 Å². The zero-order valence-corrected chi connectivity index (χ0v) is 15.1. The van der Waals surface area contributed by atoms with Crippen LogP contribution in [0.5, 0.6) is 5.75 Å². The maximum absolute atomic E-state index is 12.2. The lowest BCUT2D eigenvalue weighted by molar-refractivity contribution is -0.125. The molecule has 0 saturated carbocycles. The highest BCUT2D eigenvalue weighted by Crippen LogP contribution is 2.17. The molecule has 1 amide bonds. The van der Waals surface area contributed by atoms with E-state index in [1.807, 2.05) is 55.6 Å². The molecule has 4 nitrogen and oxygen atoms in total. The molecule has 1 aliphatic heterocycles. The molecule has 3 rings (SSSR count). The summed E-state index contributed by atoms with van der Waals surface area (Å²) in [5.74, 6) is 0.920. The lowest BCUT2D eigenvalue weighted by Gasteiger charge is -2.18. The van der Waals surface area contributed by atoms with Gasteiger partial charge in [-0.25, -0.2) is 0 Å². The summed E-state index contributed by atoms with van der Waals surface area (Å²) in [5, 5.41) is 3.74. The Morgan fingerprint density at radius 2 is 1.84 bits per heavy atom. The number of ether oxygens (including phenoxy) is 1. The van der Waals surface area contributed by atoms with E-state index in [-0.39, 0.29) is 11.9 Å². The van der Waals surface area contributed by atoms with Gasteiger partial charge in [0, 0.05) is 11.6 Å². The molecule has 2 aromatic carbocycles. The summed E-state index contributed by atoms with van der Waals surface area (Å²) in [7, 11) is 2.00. The van der Waals surface area contributed by atoms with E-state index in [4.69, 9.17) is 16.3 Å². The predicted molar refractivity (Wildman–Crippen MR) is 99.7 cm³/mol. The van der Waals surface area contributed by atoms with Crippen molar-refractivity contribution in [2.75, 3.05) is 13.6 Å². The first kappa shape index (κ1) is 17.8. The zero-order valence-electron chi connectivity index (χ0n) is 14.4. The molecule has 0 unspecified atom stereocenters. The van der Waals surface area contributed by atoms with Crippen LogP contribution in [-0.2, 0) is 17.9 Å². The van der Waals surface area contributed by atoms with E-state index in [2.05, 4.69) is 10.2 Å².